The van der Waals surface area contributed by atoms with Gasteiger partial charge in [-0.15, -0.1) is 0 Å². The van der Waals surface area contributed by atoms with Crippen molar-refractivity contribution >= 4 is 107 Å². The van der Waals surface area contributed by atoms with Gasteiger partial charge in [-0.05, 0) is 86.5 Å². The van der Waals surface area contributed by atoms with Crippen LogP contribution in [-0.2, 0) is 0 Å². The number of hydrogen-bond donors (Lipinski definition) is 0. The van der Waals surface area contributed by atoms with Crippen LogP contribution in [0.3, 0.4) is 0 Å². The lowest BCUT2D eigenvalue weighted by Crippen LogP contribution is -2.60. The van der Waals surface area contributed by atoms with Gasteiger partial charge in [-0.25, -0.2) is 0 Å². The van der Waals surface area contributed by atoms with Gasteiger partial charge in [-0.3, -0.25) is 0 Å². The molecule has 4 aliphatic heterocycles. The Labute approximate surface area is 347 Å². The molecular weight excluding hydrogens is 724 g/mol. The molecule has 1 unspecified atom stereocenters. The first-order valence-electron chi connectivity index (χ1n) is 21.2. The maximum absolute atomic E-state index is 2.65. The van der Waals surface area contributed by atoms with E-state index in [1.54, 1.807) is 0 Å². The number of benzene rings is 9. The van der Waals surface area contributed by atoms with Gasteiger partial charge in [-0.1, -0.05) is 157 Å². The predicted octanol–water partition coefficient (Wildman–Crippen LogP) is 8.82. The maximum atomic E-state index is 2.65. The molecule has 15 rings (SSSR count). The maximum Gasteiger partial charge on any atom is 0.252 e. The van der Waals surface area contributed by atoms with Gasteiger partial charge >= 0.3 is 0 Å². The van der Waals surface area contributed by atoms with E-state index >= 15 is 0 Å². The normalized spacial score (nSPS) is 15.1. The van der Waals surface area contributed by atoms with Crippen molar-refractivity contribution in [1.82, 2.24) is 9.13 Å². The van der Waals surface area contributed by atoms with E-state index in [1.165, 1.54) is 122 Å². The van der Waals surface area contributed by atoms with E-state index in [0.29, 0.717) is 0 Å². The van der Waals surface area contributed by atoms with Crippen molar-refractivity contribution in [3.05, 3.63) is 211 Å². The van der Waals surface area contributed by atoms with Crippen LogP contribution in [0.2, 0.25) is 0 Å². The molecule has 0 bridgehead atoms. The lowest BCUT2D eigenvalue weighted by Gasteiger charge is -2.39. The fraction of sp³-hybridized carbons (Fsp3) is 0.0182. The molecule has 0 fully saturated rings. The molecular formula is C55H33B2N3. The molecule has 3 nitrogen and oxygen atoms in total. The number of rotatable bonds is 2. The summed E-state index contributed by atoms with van der Waals surface area (Å²) in [5, 5.41) is 5.26. The van der Waals surface area contributed by atoms with Crippen molar-refractivity contribution in [3.8, 4) is 11.4 Å². The van der Waals surface area contributed by atoms with Gasteiger partial charge in [0.2, 0.25) is 6.71 Å². The average Bonchev–Trinajstić information content (AvgIpc) is 3.84. The molecule has 1 atom stereocenters. The number of nitrogens with zero attached hydrogens (tertiary/aromatic N) is 3. The molecule has 60 heavy (non-hydrogen) atoms. The van der Waals surface area contributed by atoms with Crippen LogP contribution in [0.4, 0.5) is 17.1 Å². The summed E-state index contributed by atoms with van der Waals surface area (Å²) in [6.45, 7) is 0.257. The third-order valence-electron chi connectivity index (χ3n) is 14.4. The second kappa shape index (κ2) is 11.2. The minimum absolute atomic E-state index is 0.112. The number of hydrogen-bond acceptors (Lipinski definition) is 1. The Bertz CT molecular complexity index is 3690. The summed E-state index contributed by atoms with van der Waals surface area (Å²) in [5.74, 6) is 0.151. The highest BCUT2D eigenvalue weighted by atomic mass is 15.2. The molecule has 9 aromatic carbocycles. The van der Waals surface area contributed by atoms with E-state index in [-0.39, 0.29) is 19.3 Å². The molecule has 11 aromatic rings. The summed E-state index contributed by atoms with van der Waals surface area (Å²) in [7, 11) is 0. The van der Waals surface area contributed by atoms with Gasteiger partial charge < -0.3 is 14.0 Å². The molecule has 4 aliphatic rings. The van der Waals surface area contributed by atoms with Crippen LogP contribution in [0.5, 0.6) is 0 Å². The van der Waals surface area contributed by atoms with E-state index in [0.717, 1.165) is 0 Å². The highest BCUT2D eigenvalue weighted by Crippen LogP contribution is 2.47. The highest BCUT2D eigenvalue weighted by Gasteiger charge is 2.45. The van der Waals surface area contributed by atoms with Gasteiger partial charge in [-0.2, -0.15) is 0 Å². The molecule has 0 saturated heterocycles. The number of fused-ring (bicyclic) bond motifs is 17. The van der Waals surface area contributed by atoms with Crippen molar-refractivity contribution in [2.45, 2.75) is 5.92 Å². The Morgan fingerprint density at radius 2 is 0.900 bits per heavy atom. The molecule has 6 heterocycles. The quantitative estimate of drug-likeness (QED) is 0.161. The third kappa shape index (κ3) is 3.68. The first kappa shape index (κ1) is 31.5. The zero-order valence-electron chi connectivity index (χ0n) is 32.5. The van der Waals surface area contributed by atoms with Crippen LogP contribution in [-0.4, -0.2) is 22.6 Å². The second-order valence-corrected chi connectivity index (χ2v) is 17.1. The number of para-hydroxylation sites is 4. The monoisotopic (exact) mass is 757 g/mol. The standard InChI is InChI=1S/C55H33B2N3/c1-3-15-33(16-4-1)49-37-19-7-8-20-40(37)56-42-22-10-13-25-45(42)59-47-31-29-35-36-30-32-48-52-54(36)60(53(35)50(47)39-28-27-38(49)51(56)55(39)59)46-26-14-11-23-43(46)57(52)41-21-9-12-24-44(41)58(48)34-17-5-2-6-18-34/h1-32,49H. The zero-order valence-corrected chi connectivity index (χ0v) is 32.5. The Hall–Kier alpha value is -7.49. The molecule has 274 valence electrons. The summed E-state index contributed by atoms with van der Waals surface area (Å²) in [5.41, 5.74) is 23.9. The van der Waals surface area contributed by atoms with Gasteiger partial charge in [0.1, 0.15) is 0 Å². The molecule has 0 spiro atoms. The molecule has 5 heteroatoms. The van der Waals surface area contributed by atoms with Crippen LogP contribution in [0, 0.1) is 0 Å². The predicted molar refractivity (Wildman–Crippen MR) is 253 cm³/mol. The van der Waals surface area contributed by atoms with Gasteiger partial charge in [0.05, 0.1) is 16.6 Å². The van der Waals surface area contributed by atoms with Crippen molar-refractivity contribution in [2.75, 3.05) is 4.90 Å². The van der Waals surface area contributed by atoms with Gasteiger partial charge in [0.15, 0.2) is 0 Å². The number of anilines is 3. The van der Waals surface area contributed by atoms with Crippen molar-refractivity contribution < 1.29 is 0 Å². The molecule has 0 N–H and O–H groups in total. The van der Waals surface area contributed by atoms with E-state index in [2.05, 4.69) is 208 Å². The lowest BCUT2D eigenvalue weighted by atomic mass is 9.31. The minimum Gasteiger partial charge on any atom is -0.311 e. The smallest absolute Gasteiger partial charge is 0.252 e. The molecule has 0 amide bonds. The summed E-state index contributed by atoms with van der Waals surface area (Å²) in [6, 6.07) is 73.3. The lowest BCUT2D eigenvalue weighted by molar-refractivity contribution is 0.985. The van der Waals surface area contributed by atoms with Crippen molar-refractivity contribution in [1.29, 1.82) is 0 Å². The fourth-order valence-corrected chi connectivity index (χ4v) is 12.3. The van der Waals surface area contributed by atoms with E-state index in [4.69, 9.17) is 0 Å². The summed E-state index contributed by atoms with van der Waals surface area (Å²) in [4.78, 5) is 2.49. The van der Waals surface area contributed by atoms with Gasteiger partial charge in [0, 0.05) is 61.4 Å². The van der Waals surface area contributed by atoms with Crippen LogP contribution in [0.1, 0.15) is 22.6 Å². The number of aromatic nitrogens is 2. The SMILES string of the molecule is c1ccc(C2c3ccccc3B3c4ccccc4-n4c5ccc6c7ccc8c9c7n(c6c5c5ccc2c3c54)-c2ccccc2B9c2ccccc2N8c2ccccc2)cc1. The van der Waals surface area contributed by atoms with Crippen molar-refractivity contribution in [3.63, 3.8) is 0 Å². The summed E-state index contributed by atoms with van der Waals surface area (Å²) >= 11 is 0. The zero-order chi connectivity index (χ0) is 38.8. The highest BCUT2D eigenvalue weighted by molar-refractivity contribution is 7.00. The first-order chi connectivity index (χ1) is 29.8. The van der Waals surface area contributed by atoms with E-state index < -0.39 is 0 Å². The molecule has 0 radical (unpaired) electrons. The van der Waals surface area contributed by atoms with Crippen LogP contribution < -0.4 is 37.7 Å². The van der Waals surface area contributed by atoms with E-state index in [9.17, 15) is 0 Å². The third-order valence-corrected chi connectivity index (χ3v) is 14.4. The van der Waals surface area contributed by atoms with Crippen LogP contribution in [0.25, 0.3) is 55.0 Å². The average molecular weight is 758 g/mol. The van der Waals surface area contributed by atoms with E-state index in [1.807, 2.05) is 0 Å². The largest absolute Gasteiger partial charge is 0.311 e. The molecule has 0 saturated carbocycles. The Kier molecular flexibility index (Phi) is 5.86. The van der Waals surface area contributed by atoms with Crippen LogP contribution >= 0.6 is 0 Å². The minimum atomic E-state index is 0.112. The van der Waals surface area contributed by atoms with Crippen LogP contribution in [0.15, 0.2) is 194 Å². The Morgan fingerprint density at radius 1 is 0.350 bits per heavy atom. The van der Waals surface area contributed by atoms with Gasteiger partial charge in [0.25, 0.3) is 6.71 Å². The Morgan fingerprint density at radius 3 is 1.67 bits per heavy atom. The Balaban J connectivity index is 1.12. The topological polar surface area (TPSA) is 13.1 Å². The summed E-state index contributed by atoms with van der Waals surface area (Å²) in [6.07, 6.45) is 0. The molecule has 0 aliphatic carbocycles. The second-order valence-electron chi connectivity index (χ2n) is 17.1. The summed E-state index contributed by atoms with van der Waals surface area (Å²) < 4.78 is 5.28. The first-order valence-corrected chi connectivity index (χ1v) is 21.2. The van der Waals surface area contributed by atoms with Crippen molar-refractivity contribution in [2.24, 2.45) is 0 Å². The molecule has 2 aromatic heterocycles. The fourth-order valence-electron chi connectivity index (χ4n) is 12.3.